The Morgan fingerprint density at radius 1 is 1.04 bits per heavy atom. The molecule has 2 aromatic rings. The lowest BCUT2D eigenvalue weighted by Gasteiger charge is -2.16. The smallest absolute Gasteiger partial charge is 0.338 e. The van der Waals surface area contributed by atoms with Crippen LogP contribution in [0.2, 0.25) is 0 Å². The first-order valence-electron chi connectivity index (χ1n) is 9.09. The third-order valence-corrected chi connectivity index (χ3v) is 4.39. The number of benzene rings is 2. The van der Waals surface area contributed by atoms with Gasteiger partial charge in [-0.3, -0.25) is 4.79 Å². The largest absolute Gasteiger partial charge is 0.449 e. The number of ether oxygens (including phenoxy) is 1. The van der Waals surface area contributed by atoms with Crippen LogP contribution in [0.4, 0.5) is 5.69 Å². The minimum absolute atomic E-state index is 0.338. The van der Waals surface area contributed by atoms with Crippen molar-refractivity contribution in [3.05, 3.63) is 64.7 Å². The fourth-order valence-corrected chi connectivity index (χ4v) is 2.71. The SMILES string of the molecule is CCCCc1ccc(C(=O)O[C@H](C)C(=O)Nc2c(C)cccc2C)cc1. The standard InChI is InChI=1S/C22H27NO3/c1-5-6-10-18-11-13-19(14-12-18)22(25)26-17(4)21(24)23-20-15(2)8-7-9-16(20)3/h7-9,11-14,17H,5-6,10H2,1-4H3,(H,23,24)/t17-/m1/s1. The zero-order chi connectivity index (χ0) is 19.1. The summed E-state index contributed by atoms with van der Waals surface area (Å²) >= 11 is 0. The summed E-state index contributed by atoms with van der Waals surface area (Å²) in [5.41, 5.74) is 4.36. The predicted octanol–water partition coefficient (Wildman–Crippen LogP) is 4.83. The van der Waals surface area contributed by atoms with Gasteiger partial charge in [-0.25, -0.2) is 4.79 Å². The molecule has 1 N–H and O–H groups in total. The molecule has 0 radical (unpaired) electrons. The molecule has 0 spiro atoms. The van der Waals surface area contributed by atoms with E-state index in [0.717, 1.165) is 36.1 Å². The predicted molar refractivity (Wildman–Crippen MR) is 104 cm³/mol. The summed E-state index contributed by atoms with van der Waals surface area (Å²) in [5, 5.41) is 2.85. The minimum Gasteiger partial charge on any atom is -0.449 e. The lowest BCUT2D eigenvalue weighted by Crippen LogP contribution is -2.30. The van der Waals surface area contributed by atoms with Gasteiger partial charge in [-0.15, -0.1) is 0 Å². The molecule has 0 aliphatic heterocycles. The summed E-state index contributed by atoms with van der Waals surface area (Å²) < 4.78 is 5.32. The van der Waals surface area contributed by atoms with Crippen molar-refractivity contribution in [1.29, 1.82) is 0 Å². The quantitative estimate of drug-likeness (QED) is 0.725. The first-order valence-corrected chi connectivity index (χ1v) is 9.09. The second-order valence-electron chi connectivity index (χ2n) is 6.60. The summed E-state index contributed by atoms with van der Waals surface area (Å²) in [6, 6.07) is 13.2. The van der Waals surface area contributed by atoms with Gasteiger partial charge in [0.25, 0.3) is 5.91 Å². The van der Waals surface area contributed by atoms with Crippen molar-refractivity contribution in [2.45, 2.75) is 53.1 Å². The number of hydrogen-bond acceptors (Lipinski definition) is 3. The van der Waals surface area contributed by atoms with Gasteiger partial charge in [0, 0.05) is 5.69 Å². The molecular weight excluding hydrogens is 326 g/mol. The van der Waals surface area contributed by atoms with Crippen LogP contribution in [0.3, 0.4) is 0 Å². The second kappa shape index (κ2) is 9.18. The molecule has 1 amide bonds. The van der Waals surface area contributed by atoms with E-state index in [4.69, 9.17) is 4.74 Å². The van der Waals surface area contributed by atoms with E-state index < -0.39 is 12.1 Å². The maximum Gasteiger partial charge on any atom is 0.338 e. The lowest BCUT2D eigenvalue weighted by atomic mass is 10.1. The molecule has 0 aliphatic rings. The lowest BCUT2D eigenvalue weighted by molar-refractivity contribution is -0.123. The molecule has 138 valence electrons. The van der Waals surface area contributed by atoms with E-state index in [1.54, 1.807) is 19.1 Å². The van der Waals surface area contributed by atoms with E-state index >= 15 is 0 Å². The minimum atomic E-state index is -0.874. The normalized spacial score (nSPS) is 11.7. The maximum atomic E-state index is 12.4. The molecule has 1 atom stereocenters. The van der Waals surface area contributed by atoms with Gasteiger partial charge in [-0.1, -0.05) is 43.7 Å². The van der Waals surface area contributed by atoms with Crippen molar-refractivity contribution < 1.29 is 14.3 Å². The van der Waals surface area contributed by atoms with E-state index in [1.807, 2.05) is 44.2 Å². The molecule has 0 saturated carbocycles. The van der Waals surface area contributed by atoms with Gasteiger partial charge in [0.05, 0.1) is 5.56 Å². The van der Waals surface area contributed by atoms with Crippen molar-refractivity contribution in [3.63, 3.8) is 0 Å². The van der Waals surface area contributed by atoms with Crippen LogP contribution in [-0.2, 0) is 16.0 Å². The maximum absolute atomic E-state index is 12.4. The van der Waals surface area contributed by atoms with Crippen molar-refractivity contribution in [1.82, 2.24) is 0 Å². The van der Waals surface area contributed by atoms with E-state index in [2.05, 4.69) is 12.2 Å². The first-order chi connectivity index (χ1) is 12.4. The van der Waals surface area contributed by atoms with Gasteiger partial charge in [-0.05, 0) is 62.4 Å². The van der Waals surface area contributed by atoms with Crippen molar-refractivity contribution in [3.8, 4) is 0 Å². The monoisotopic (exact) mass is 353 g/mol. The fraction of sp³-hybridized carbons (Fsp3) is 0.364. The number of carbonyl (C=O) groups excluding carboxylic acids is 2. The van der Waals surface area contributed by atoms with Crippen LogP contribution in [-0.4, -0.2) is 18.0 Å². The molecular formula is C22H27NO3. The molecule has 26 heavy (non-hydrogen) atoms. The molecule has 0 aromatic heterocycles. The molecule has 4 heteroatoms. The highest BCUT2D eigenvalue weighted by Crippen LogP contribution is 2.20. The fourth-order valence-electron chi connectivity index (χ4n) is 2.71. The number of hydrogen-bond donors (Lipinski definition) is 1. The van der Waals surface area contributed by atoms with E-state index in [-0.39, 0.29) is 5.91 Å². The van der Waals surface area contributed by atoms with Gasteiger partial charge in [0.15, 0.2) is 6.10 Å². The molecule has 2 aromatic carbocycles. The summed E-state index contributed by atoms with van der Waals surface area (Å²) in [6.07, 6.45) is 2.39. The molecule has 0 aliphatic carbocycles. The van der Waals surface area contributed by atoms with Gasteiger partial charge < -0.3 is 10.1 Å². The third kappa shape index (κ3) is 5.19. The summed E-state index contributed by atoms with van der Waals surface area (Å²) in [6.45, 7) is 7.59. The first kappa shape index (κ1) is 19.7. The van der Waals surface area contributed by atoms with Gasteiger partial charge in [0.1, 0.15) is 0 Å². The molecule has 0 heterocycles. The van der Waals surface area contributed by atoms with Crippen LogP contribution in [0.1, 0.15) is 53.7 Å². The summed E-state index contributed by atoms with van der Waals surface area (Å²) in [7, 11) is 0. The van der Waals surface area contributed by atoms with Gasteiger partial charge in [0.2, 0.25) is 0 Å². The molecule has 0 unspecified atom stereocenters. The molecule has 4 nitrogen and oxygen atoms in total. The Morgan fingerprint density at radius 3 is 2.23 bits per heavy atom. The Bertz CT molecular complexity index is 745. The molecule has 0 fully saturated rings. The molecule has 2 rings (SSSR count). The molecule has 0 saturated heterocycles. The molecule has 0 bridgehead atoms. The van der Waals surface area contributed by atoms with E-state index in [9.17, 15) is 9.59 Å². The number of carbonyl (C=O) groups is 2. The van der Waals surface area contributed by atoms with Crippen LogP contribution in [0.15, 0.2) is 42.5 Å². The number of rotatable bonds is 7. The highest BCUT2D eigenvalue weighted by molar-refractivity contribution is 5.98. The summed E-state index contributed by atoms with van der Waals surface area (Å²) in [5.74, 6) is -0.827. The zero-order valence-electron chi connectivity index (χ0n) is 16.0. The van der Waals surface area contributed by atoms with Crippen LogP contribution in [0, 0.1) is 13.8 Å². The van der Waals surface area contributed by atoms with Crippen LogP contribution < -0.4 is 5.32 Å². The Hall–Kier alpha value is -2.62. The van der Waals surface area contributed by atoms with Crippen molar-refractivity contribution in [2.24, 2.45) is 0 Å². The van der Waals surface area contributed by atoms with Crippen LogP contribution in [0.25, 0.3) is 0 Å². The third-order valence-electron chi connectivity index (χ3n) is 4.39. The highest BCUT2D eigenvalue weighted by Gasteiger charge is 2.20. The van der Waals surface area contributed by atoms with Gasteiger partial charge >= 0.3 is 5.97 Å². The summed E-state index contributed by atoms with van der Waals surface area (Å²) in [4.78, 5) is 24.6. The topological polar surface area (TPSA) is 55.4 Å². The van der Waals surface area contributed by atoms with E-state index in [1.165, 1.54) is 5.56 Å². The Labute approximate surface area is 155 Å². The number of amides is 1. The number of unbranched alkanes of at least 4 members (excludes halogenated alkanes) is 1. The van der Waals surface area contributed by atoms with Gasteiger partial charge in [-0.2, -0.15) is 0 Å². The Kier molecular flexibility index (Phi) is 6.96. The Morgan fingerprint density at radius 2 is 1.65 bits per heavy atom. The second-order valence-corrected chi connectivity index (χ2v) is 6.60. The Balaban J connectivity index is 1.96. The van der Waals surface area contributed by atoms with Crippen LogP contribution in [0.5, 0.6) is 0 Å². The zero-order valence-corrected chi connectivity index (χ0v) is 16.0. The number of nitrogens with one attached hydrogen (secondary N) is 1. The average molecular weight is 353 g/mol. The number of aryl methyl sites for hydroxylation is 3. The van der Waals surface area contributed by atoms with Crippen LogP contribution >= 0.6 is 0 Å². The highest BCUT2D eigenvalue weighted by atomic mass is 16.5. The average Bonchev–Trinajstić information content (AvgIpc) is 2.63. The van der Waals surface area contributed by atoms with E-state index in [0.29, 0.717) is 5.56 Å². The number of anilines is 1. The van der Waals surface area contributed by atoms with Crippen molar-refractivity contribution in [2.75, 3.05) is 5.32 Å². The van der Waals surface area contributed by atoms with Crippen molar-refractivity contribution >= 4 is 17.6 Å². The number of para-hydroxylation sites is 1. The number of esters is 1.